The highest BCUT2D eigenvalue weighted by molar-refractivity contribution is 6.30. The van der Waals surface area contributed by atoms with Gasteiger partial charge >= 0.3 is 0 Å². The smallest absolute Gasteiger partial charge is 0.166 e. The van der Waals surface area contributed by atoms with Crippen LogP contribution in [0.1, 0.15) is 27.7 Å². The number of aromatic nitrogens is 1. The maximum Gasteiger partial charge on any atom is 0.166 e. The van der Waals surface area contributed by atoms with Gasteiger partial charge in [-0.25, -0.2) is 9.37 Å². The maximum absolute atomic E-state index is 13.5. The summed E-state index contributed by atoms with van der Waals surface area (Å²) in [6.07, 6.45) is 1.35. The van der Waals surface area contributed by atoms with Crippen molar-refractivity contribution in [3.63, 3.8) is 0 Å². The van der Waals surface area contributed by atoms with Crippen LogP contribution in [0.4, 0.5) is 10.2 Å². The number of hydrogen-bond acceptors (Lipinski definition) is 3. The van der Waals surface area contributed by atoms with E-state index in [-0.39, 0.29) is 10.8 Å². The zero-order valence-corrected chi connectivity index (χ0v) is 10.6. The van der Waals surface area contributed by atoms with Gasteiger partial charge in [0.25, 0.3) is 0 Å². The highest BCUT2D eigenvalue weighted by Crippen LogP contribution is 2.26. The van der Waals surface area contributed by atoms with Crippen LogP contribution in [0.5, 0.6) is 0 Å². The summed E-state index contributed by atoms with van der Waals surface area (Å²) in [5, 5.41) is 13.0. The Kier molecular flexibility index (Phi) is 3.45. The lowest BCUT2D eigenvalue weighted by molar-refractivity contribution is 0.0237. The first kappa shape index (κ1) is 13.2. The fraction of sp³-hybridized carbons (Fsp3) is 0.545. The van der Waals surface area contributed by atoms with Crippen LogP contribution in [0, 0.1) is 5.82 Å². The molecule has 0 fully saturated rings. The number of nitrogens with one attached hydrogen (secondary N) is 1. The van der Waals surface area contributed by atoms with Crippen molar-refractivity contribution in [2.45, 2.75) is 38.8 Å². The van der Waals surface area contributed by atoms with Crippen molar-refractivity contribution in [2.24, 2.45) is 0 Å². The first-order chi connectivity index (χ1) is 7.13. The molecule has 0 amide bonds. The quantitative estimate of drug-likeness (QED) is 0.862. The third-order valence-corrected chi connectivity index (χ3v) is 2.97. The Morgan fingerprint density at radius 3 is 2.38 bits per heavy atom. The normalized spacial score (nSPS) is 12.7. The number of rotatable bonds is 3. The van der Waals surface area contributed by atoms with Crippen molar-refractivity contribution in [1.29, 1.82) is 0 Å². The third-order valence-electron chi connectivity index (χ3n) is 2.77. The molecule has 1 aromatic rings. The lowest BCUT2D eigenvalue weighted by Gasteiger charge is -2.38. The Labute approximate surface area is 99.7 Å². The Morgan fingerprint density at radius 1 is 1.38 bits per heavy atom. The molecule has 0 unspecified atom stereocenters. The van der Waals surface area contributed by atoms with Crippen LogP contribution in [0.25, 0.3) is 0 Å². The standard InChI is InChI=1S/C11H16ClFN2O/c1-10(2,11(3,4)16)15-9-8(13)5-7(12)6-14-9/h5-6,16H,1-4H3,(H,14,15). The van der Waals surface area contributed by atoms with Gasteiger partial charge in [-0.1, -0.05) is 11.6 Å². The second kappa shape index (κ2) is 4.18. The van der Waals surface area contributed by atoms with E-state index in [9.17, 15) is 9.50 Å². The summed E-state index contributed by atoms with van der Waals surface area (Å²) in [6, 6.07) is 1.18. The van der Waals surface area contributed by atoms with Gasteiger partial charge in [0, 0.05) is 6.20 Å². The Bertz CT molecular complexity index is 388. The molecule has 0 spiro atoms. The van der Waals surface area contributed by atoms with Gasteiger partial charge in [-0.05, 0) is 33.8 Å². The van der Waals surface area contributed by atoms with Gasteiger partial charge in [-0.2, -0.15) is 0 Å². The van der Waals surface area contributed by atoms with Crippen LogP contribution in [0.15, 0.2) is 12.3 Å². The molecule has 90 valence electrons. The molecule has 0 bridgehead atoms. The predicted molar refractivity (Wildman–Crippen MR) is 63.2 cm³/mol. The summed E-state index contributed by atoms with van der Waals surface area (Å²) in [5.41, 5.74) is -1.73. The second-order valence-corrected chi connectivity index (χ2v) is 5.23. The number of aliphatic hydroxyl groups is 1. The average Bonchev–Trinajstić information content (AvgIpc) is 2.08. The van der Waals surface area contributed by atoms with E-state index >= 15 is 0 Å². The van der Waals surface area contributed by atoms with Gasteiger partial charge in [0.15, 0.2) is 11.6 Å². The summed E-state index contributed by atoms with van der Waals surface area (Å²) in [5.74, 6) is -0.457. The fourth-order valence-corrected chi connectivity index (χ4v) is 1.10. The summed E-state index contributed by atoms with van der Waals surface area (Å²) in [4.78, 5) is 3.85. The van der Waals surface area contributed by atoms with E-state index in [1.54, 1.807) is 27.7 Å². The molecule has 5 heteroatoms. The predicted octanol–water partition coefficient (Wildman–Crippen LogP) is 2.84. The van der Waals surface area contributed by atoms with Crippen molar-refractivity contribution in [2.75, 3.05) is 5.32 Å². The van der Waals surface area contributed by atoms with E-state index in [4.69, 9.17) is 11.6 Å². The molecule has 0 atom stereocenters. The lowest BCUT2D eigenvalue weighted by atomic mass is 9.86. The summed E-state index contributed by atoms with van der Waals surface area (Å²) >= 11 is 5.60. The highest BCUT2D eigenvalue weighted by atomic mass is 35.5. The summed E-state index contributed by atoms with van der Waals surface area (Å²) in [7, 11) is 0. The van der Waals surface area contributed by atoms with Crippen molar-refractivity contribution >= 4 is 17.4 Å². The number of anilines is 1. The van der Waals surface area contributed by atoms with Gasteiger partial charge < -0.3 is 10.4 Å². The van der Waals surface area contributed by atoms with E-state index in [1.165, 1.54) is 12.3 Å². The molecule has 0 saturated carbocycles. The molecule has 0 aliphatic rings. The van der Waals surface area contributed by atoms with Gasteiger partial charge in [0.1, 0.15) is 0 Å². The van der Waals surface area contributed by atoms with Gasteiger partial charge in [-0.3, -0.25) is 0 Å². The molecule has 1 rings (SSSR count). The van der Waals surface area contributed by atoms with E-state index in [0.717, 1.165) is 0 Å². The van der Waals surface area contributed by atoms with Gasteiger partial charge in [0.05, 0.1) is 16.2 Å². The van der Waals surface area contributed by atoms with Crippen LogP contribution in [-0.4, -0.2) is 21.2 Å². The first-order valence-corrected chi connectivity index (χ1v) is 5.33. The maximum atomic E-state index is 13.5. The minimum Gasteiger partial charge on any atom is -0.388 e. The number of pyridine rings is 1. The molecule has 1 aromatic heterocycles. The molecule has 0 saturated heterocycles. The van der Waals surface area contributed by atoms with Crippen LogP contribution in [0.2, 0.25) is 5.02 Å². The minimum absolute atomic E-state index is 0.0801. The highest BCUT2D eigenvalue weighted by Gasteiger charge is 2.35. The number of halogens is 2. The Morgan fingerprint density at radius 2 is 1.94 bits per heavy atom. The van der Waals surface area contributed by atoms with Crippen molar-refractivity contribution in [3.8, 4) is 0 Å². The van der Waals surface area contributed by atoms with E-state index in [0.29, 0.717) is 0 Å². The molecule has 0 aliphatic carbocycles. The largest absolute Gasteiger partial charge is 0.388 e. The lowest BCUT2D eigenvalue weighted by Crippen LogP contribution is -2.51. The molecule has 2 N–H and O–H groups in total. The van der Waals surface area contributed by atoms with Gasteiger partial charge in [-0.15, -0.1) is 0 Å². The van der Waals surface area contributed by atoms with E-state index < -0.39 is 17.0 Å². The molecule has 1 heterocycles. The van der Waals surface area contributed by atoms with Crippen molar-refractivity contribution in [1.82, 2.24) is 4.98 Å². The average molecular weight is 247 g/mol. The zero-order chi connectivity index (χ0) is 12.6. The molecule has 0 aromatic carbocycles. The Balaban J connectivity index is 2.97. The fourth-order valence-electron chi connectivity index (χ4n) is 0.956. The first-order valence-electron chi connectivity index (χ1n) is 4.95. The van der Waals surface area contributed by atoms with Gasteiger partial charge in [0.2, 0.25) is 0 Å². The van der Waals surface area contributed by atoms with Crippen molar-refractivity contribution in [3.05, 3.63) is 23.1 Å². The monoisotopic (exact) mass is 246 g/mol. The van der Waals surface area contributed by atoms with Crippen LogP contribution in [-0.2, 0) is 0 Å². The van der Waals surface area contributed by atoms with Crippen molar-refractivity contribution < 1.29 is 9.50 Å². The molecular weight excluding hydrogens is 231 g/mol. The minimum atomic E-state index is -1.01. The third kappa shape index (κ3) is 2.83. The second-order valence-electron chi connectivity index (χ2n) is 4.79. The topological polar surface area (TPSA) is 45.1 Å². The molecular formula is C11H16ClFN2O. The molecule has 16 heavy (non-hydrogen) atoms. The van der Waals surface area contributed by atoms with Crippen LogP contribution >= 0.6 is 11.6 Å². The number of nitrogens with zero attached hydrogens (tertiary/aromatic N) is 1. The van der Waals surface area contributed by atoms with E-state index in [2.05, 4.69) is 10.3 Å². The van der Waals surface area contributed by atoms with Crippen LogP contribution < -0.4 is 5.32 Å². The van der Waals surface area contributed by atoms with E-state index in [1.807, 2.05) is 0 Å². The van der Waals surface area contributed by atoms with Crippen LogP contribution in [0.3, 0.4) is 0 Å². The molecule has 3 nitrogen and oxygen atoms in total. The molecule has 0 radical (unpaired) electrons. The molecule has 0 aliphatic heterocycles. The number of hydrogen-bond donors (Lipinski definition) is 2. The zero-order valence-electron chi connectivity index (χ0n) is 9.81. The summed E-state index contributed by atoms with van der Waals surface area (Å²) < 4.78 is 13.5. The summed E-state index contributed by atoms with van der Waals surface area (Å²) in [6.45, 7) is 6.83. The Hall–Kier alpha value is -0.870. The SMILES string of the molecule is CC(C)(O)C(C)(C)Nc1ncc(Cl)cc1F.